The van der Waals surface area contributed by atoms with Crippen LogP contribution in [-0.2, 0) is 16.0 Å². The number of fused-ring (bicyclic) bond motifs is 1. The molecule has 144 valence electrons. The fourth-order valence-corrected chi connectivity index (χ4v) is 4.14. The van der Waals surface area contributed by atoms with Crippen LogP contribution in [0.2, 0.25) is 0 Å². The van der Waals surface area contributed by atoms with Gasteiger partial charge in [-0.1, -0.05) is 23.5 Å². The summed E-state index contributed by atoms with van der Waals surface area (Å²) in [6, 6.07) is 7.28. The summed E-state index contributed by atoms with van der Waals surface area (Å²) in [5.74, 6) is 0. The van der Waals surface area contributed by atoms with Crippen LogP contribution in [0.25, 0.3) is 26.8 Å². The van der Waals surface area contributed by atoms with Crippen LogP contribution in [0.3, 0.4) is 0 Å². The Morgan fingerprint density at radius 2 is 1.86 bits per heavy atom. The molecule has 0 unspecified atom stereocenters. The van der Waals surface area contributed by atoms with Crippen molar-refractivity contribution in [3.05, 3.63) is 54.5 Å². The van der Waals surface area contributed by atoms with Crippen molar-refractivity contribution in [2.45, 2.75) is 11.1 Å². The maximum Gasteiger partial charge on any atom is 0.417 e. The molecule has 11 heteroatoms. The van der Waals surface area contributed by atoms with Gasteiger partial charge < -0.3 is 0 Å². The van der Waals surface area contributed by atoms with Crippen molar-refractivity contribution in [3.8, 4) is 21.8 Å². The van der Waals surface area contributed by atoms with E-state index in [1.54, 1.807) is 12.1 Å². The van der Waals surface area contributed by atoms with Crippen LogP contribution >= 0.6 is 11.3 Å². The van der Waals surface area contributed by atoms with E-state index in [1.165, 1.54) is 40.4 Å². The highest BCUT2D eigenvalue weighted by atomic mass is 32.2. The van der Waals surface area contributed by atoms with Crippen molar-refractivity contribution < 1.29 is 21.6 Å². The molecule has 3 heterocycles. The molecule has 0 radical (unpaired) electrons. The first-order valence-electron chi connectivity index (χ1n) is 7.80. The third kappa shape index (κ3) is 3.38. The Kier molecular flexibility index (Phi) is 4.23. The summed E-state index contributed by atoms with van der Waals surface area (Å²) in [5.41, 5.74) is 0.294. The average Bonchev–Trinajstić information content (AvgIpc) is 3.21. The minimum absolute atomic E-state index is 0.153. The zero-order valence-electron chi connectivity index (χ0n) is 14.2. The van der Waals surface area contributed by atoms with Gasteiger partial charge >= 0.3 is 6.18 Å². The first-order chi connectivity index (χ1) is 13.1. The Labute approximate surface area is 161 Å². The van der Waals surface area contributed by atoms with Crippen LogP contribution in [0.4, 0.5) is 13.2 Å². The van der Waals surface area contributed by atoms with Crippen molar-refractivity contribution >= 4 is 26.1 Å². The summed E-state index contributed by atoms with van der Waals surface area (Å²) in [4.78, 5) is 8.48. The number of benzene rings is 1. The van der Waals surface area contributed by atoms with Gasteiger partial charge in [0.2, 0.25) is 4.96 Å². The number of hydrogen-bond acceptors (Lipinski definition) is 6. The van der Waals surface area contributed by atoms with Crippen molar-refractivity contribution in [3.63, 3.8) is 0 Å². The standard InChI is InChI=1S/C17H11F3N4O2S2/c1-28(25,26)13-4-2-3-10(6-13)15-23-24-14(9-22-16(24)27-15)11-5-12(8-21-7-11)17(18,19)20/h2-9H,1H3. The van der Waals surface area contributed by atoms with Crippen molar-refractivity contribution in [2.75, 3.05) is 6.26 Å². The van der Waals surface area contributed by atoms with E-state index in [2.05, 4.69) is 15.1 Å². The molecular formula is C17H11F3N4O2S2. The molecule has 0 saturated carbocycles. The molecule has 1 aromatic carbocycles. The van der Waals surface area contributed by atoms with E-state index >= 15 is 0 Å². The number of rotatable bonds is 3. The molecule has 0 spiro atoms. The number of hydrogen-bond donors (Lipinski definition) is 0. The molecule has 0 N–H and O–H groups in total. The molecule has 3 aromatic heterocycles. The smallest absolute Gasteiger partial charge is 0.263 e. The van der Waals surface area contributed by atoms with Crippen LogP contribution in [0.5, 0.6) is 0 Å². The van der Waals surface area contributed by atoms with E-state index in [4.69, 9.17) is 0 Å². The second kappa shape index (κ2) is 6.38. The highest BCUT2D eigenvalue weighted by Crippen LogP contribution is 2.33. The monoisotopic (exact) mass is 424 g/mol. The first kappa shape index (κ1) is 18.6. The quantitative estimate of drug-likeness (QED) is 0.498. The Bertz CT molecular complexity index is 1290. The second-order valence-corrected chi connectivity index (χ2v) is 8.98. The molecule has 4 rings (SSSR count). The predicted octanol–water partition coefficient (Wildman–Crippen LogP) is 3.94. The lowest BCUT2D eigenvalue weighted by Crippen LogP contribution is -2.05. The molecule has 4 aromatic rings. The summed E-state index contributed by atoms with van der Waals surface area (Å²) in [5, 5.41) is 4.90. The lowest BCUT2D eigenvalue weighted by molar-refractivity contribution is -0.137. The van der Waals surface area contributed by atoms with Gasteiger partial charge in [-0.3, -0.25) is 4.98 Å². The maximum atomic E-state index is 13.0. The normalized spacial score (nSPS) is 12.6. The van der Waals surface area contributed by atoms with Gasteiger partial charge in [0.05, 0.1) is 22.3 Å². The van der Waals surface area contributed by atoms with E-state index < -0.39 is 21.6 Å². The molecule has 0 aliphatic carbocycles. The highest BCUT2D eigenvalue weighted by molar-refractivity contribution is 7.90. The molecule has 0 amide bonds. The second-order valence-electron chi connectivity index (χ2n) is 6.01. The fraction of sp³-hybridized carbons (Fsp3) is 0.118. The topological polar surface area (TPSA) is 77.2 Å². The van der Waals surface area contributed by atoms with Gasteiger partial charge in [0, 0.05) is 29.8 Å². The molecule has 28 heavy (non-hydrogen) atoms. The molecule has 0 fully saturated rings. The Hall–Kier alpha value is -2.79. The Morgan fingerprint density at radius 3 is 2.57 bits per heavy atom. The lowest BCUT2D eigenvalue weighted by Gasteiger charge is -2.07. The summed E-state index contributed by atoms with van der Waals surface area (Å²) >= 11 is 1.20. The van der Waals surface area contributed by atoms with Gasteiger partial charge in [-0.05, 0) is 18.2 Å². The van der Waals surface area contributed by atoms with E-state index in [-0.39, 0.29) is 10.5 Å². The molecule has 0 aliphatic heterocycles. The molecular weight excluding hydrogens is 413 g/mol. The number of sulfone groups is 1. The SMILES string of the molecule is CS(=O)(=O)c1cccc(-c2nn3c(-c4cncc(C(F)(F)F)c4)cnc3s2)c1. The van der Waals surface area contributed by atoms with E-state index in [0.29, 0.717) is 21.2 Å². The van der Waals surface area contributed by atoms with Crippen molar-refractivity contribution in [2.24, 2.45) is 0 Å². The zero-order valence-corrected chi connectivity index (χ0v) is 15.8. The molecule has 0 bridgehead atoms. The van der Waals surface area contributed by atoms with Crippen LogP contribution in [0, 0.1) is 0 Å². The average molecular weight is 424 g/mol. The van der Waals surface area contributed by atoms with Gasteiger partial charge in [0.15, 0.2) is 9.84 Å². The van der Waals surface area contributed by atoms with Gasteiger partial charge in [-0.15, -0.1) is 0 Å². The third-order valence-electron chi connectivity index (χ3n) is 3.96. The Balaban J connectivity index is 1.81. The van der Waals surface area contributed by atoms with Gasteiger partial charge in [0.25, 0.3) is 0 Å². The Morgan fingerprint density at radius 1 is 1.07 bits per heavy atom. The van der Waals surface area contributed by atoms with Crippen LogP contribution < -0.4 is 0 Å². The summed E-state index contributed by atoms with van der Waals surface area (Å²) in [6.45, 7) is 0. The van der Waals surface area contributed by atoms with Crippen LogP contribution in [0.1, 0.15) is 5.56 Å². The van der Waals surface area contributed by atoms with Crippen molar-refractivity contribution in [1.82, 2.24) is 19.6 Å². The van der Waals surface area contributed by atoms with E-state index in [9.17, 15) is 21.6 Å². The lowest BCUT2D eigenvalue weighted by atomic mass is 10.1. The fourth-order valence-electron chi connectivity index (χ4n) is 2.60. The van der Waals surface area contributed by atoms with E-state index in [0.717, 1.165) is 18.5 Å². The number of aromatic nitrogens is 4. The number of imidazole rings is 1. The number of nitrogens with zero attached hydrogens (tertiary/aromatic N) is 4. The van der Waals surface area contributed by atoms with Crippen LogP contribution in [0.15, 0.2) is 53.8 Å². The summed E-state index contributed by atoms with van der Waals surface area (Å²) in [7, 11) is -3.38. The van der Waals surface area contributed by atoms with Crippen molar-refractivity contribution in [1.29, 1.82) is 0 Å². The number of pyridine rings is 1. The highest BCUT2D eigenvalue weighted by Gasteiger charge is 2.31. The molecule has 6 nitrogen and oxygen atoms in total. The summed E-state index contributed by atoms with van der Waals surface area (Å²) < 4.78 is 63.8. The van der Waals surface area contributed by atoms with Gasteiger partial charge in [-0.2, -0.15) is 18.3 Å². The first-order valence-corrected chi connectivity index (χ1v) is 10.5. The minimum Gasteiger partial charge on any atom is -0.263 e. The molecule has 0 atom stereocenters. The maximum absolute atomic E-state index is 13.0. The number of alkyl halides is 3. The third-order valence-corrected chi connectivity index (χ3v) is 6.04. The predicted molar refractivity (Wildman–Crippen MR) is 97.6 cm³/mol. The summed E-state index contributed by atoms with van der Waals surface area (Å²) in [6.07, 6.45) is 0.0885. The van der Waals surface area contributed by atoms with Gasteiger partial charge in [-0.25, -0.2) is 17.9 Å². The van der Waals surface area contributed by atoms with Gasteiger partial charge in [0.1, 0.15) is 5.01 Å². The largest absolute Gasteiger partial charge is 0.417 e. The molecule has 0 aliphatic rings. The molecule has 0 saturated heterocycles. The zero-order chi connectivity index (χ0) is 20.1. The number of halogens is 3. The van der Waals surface area contributed by atoms with E-state index in [1.807, 2.05) is 0 Å². The van der Waals surface area contributed by atoms with Crippen LogP contribution in [-0.4, -0.2) is 34.3 Å². The minimum atomic E-state index is -4.51.